The molecular weight excluding hydrogens is 217 g/mol. The number of rotatable bonds is 3. The number of nitrogens with one attached hydrogen (secondary N) is 1. The van der Waals surface area contributed by atoms with E-state index < -0.39 is 12.1 Å². The largest absolute Gasteiger partial charge is 0.393 e. The first-order valence-corrected chi connectivity index (χ1v) is 6.05. The van der Waals surface area contributed by atoms with Crippen LogP contribution in [0.5, 0.6) is 0 Å². The van der Waals surface area contributed by atoms with Crippen LogP contribution in [0.1, 0.15) is 19.3 Å². The molecule has 94 valence electrons. The van der Waals surface area contributed by atoms with Crippen LogP contribution in [0.4, 0.5) is 13.2 Å². The monoisotopic (exact) mass is 236 g/mol. The van der Waals surface area contributed by atoms with Crippen molar-refractivity contribution in [2.45, 2.75) is 25.4 Å². The zero-order valence-electron chi connectivity index (χ0n) is 9.39. The second kappa shape index (κ2) is 4.92. The first-order chi connectivity index (χ1) is 7.55. The van der Waals surface area contributed by atoms with Gasteiger partial charge in [-0.15, -0.1) is 0 Å². The predicted molar refractivity (Wildman–Crippen MR) is 56.2 cm³/mol. The molecule has 2 nitrogen and oxygen atoms in total. The highest BCUT2D eigenvalue weighted by molar-refractivity contribution is 4.80. The maximum absolute atomic E-state index is 12.6. The van der Waals surface area contributed by atoms with E-state index in [1.807, 2.05) is 4.90 Å². The Morgan fingerprint density at radius 1 is 1.25 bits per heavy atom. The second-order valence-electron chi connectivity index (χ2n) is 4.99. The molecule has 2 fully saturated rings. The second-order valence-corrected chi connectivity index (χ2v) is 4.99. The summed E-state index contributed by atoms with van der Waals surface area (Å²) in [5.41, 5.74) is 0. The van der Waals surface area contributed by atoms with Gasteiger partial charge in [0.05, 0.1) is 5.92 Å². The van der Waals surface area contributed by atoms with Crippen molar-refractivity contribution in [2.75, 3.05) is 32.7 Å². The van der Waals surface area contributed by atoms with Crippen LogP contribution in [0, 0.1) is 11.8 Å². The first kappa shape index (κ1) is 12.2. The minimum atomic E-state index is -4.00. The van der Waals surface area contributed by atoms with Crippen LogP contribution >= 0.6 is 0 Å². The lowest BCUT2D eigenvalue weighted by Crippen LogP contribution is -2.46. The van der Waals surface area contributed by atoms with Gasteiger partial charge in [0.25, 0.3) is 0 Å². The molecule has 0 radical (unpaired) electrons. The average Bonchev–Trinajstić information content (AvgIpc) is 2.14. The number of alkyl halides is 3. The molecule has 0 aromatic rings. The first-order valence-electron chi connectivity index (χ1n) is 6.05. The predicted octanol–water partition coefficient (Wildman–Crippen LogP) is 1.87. The van der Waals surface area contributed by atoms with Crippen molar-refractivity contribution in [3.05, 3.63) is 0 Å². The summed E-state index contributed by atoms with van der Waals surface area (Å²) in [5.74, 6) is -0.410. The molecule has 1 atom stereocenters. The van der Waals surface area contributed by atoms with Crippen molar-refractivity contribution >= 4 is 0 Å². The van der Waals surface area contributed by atoms with Crippen LogP contribution in [0.2, 0.25) is 0 Å². The van der Waals surface area contributed by atoms with Crippen molar-refractivity contribution in [1.82, 2.24) is 10.2 Å². The van der Waals surface area contributed by atoms with Gasteiger partial charge in [-0.1, -0.05) is 0 Å². The molecule has 0 aromatic carbocycles. The Morgan fingerprint density at radius 3 is 2.56 bits per heavy atom. The Morgan fingerprint density at radius 2 is 2.00 bits per heavy atom. The van der Waals surface area contributed by atoms with Crippen molar-refractivity contribution in [3.8, 4) is 0 Å². The zero-order valence-corrected chi connectivity index (χ0v) is 9.39. The van der Waals surface area contributed by atoms with E-state index in [1.54, 1.807) is 0 Å². The summed E-state index contributed by atoms with van der Waals surface area (Å²) in [4.78, 5) is 1.99. The molecular formula is C11H19F3N2. The number of hydrogen-bond acceptors (Lipinski definition) is 2. The smallest absolute Gasteiger partial charge is 0.316 e. The molecule has 2 aliphatic rings. The molecule has 0 amide bonds. The molecule has 0 aromatic heterocycles. The maximum atomic E-state index is 12.6. The SMILES string of the molecule is FC(F)(F)C1CCCN(CCC2CNC2)C1. The lowest BCUT2D eigenvalue weighted by molar-refractivity contribution is -0.186. The van der Waals surface area contributed by atoms with Crippen LogP contribution in [0.15, 0.2) is 0 Å². The molecule has 2 saturated heterocycles. The van der Waals surface area contributed by atoms with Gasteiger partial charge < -0.3 is 10.2 Å². The van der Waals surface area contributed by atoms with Crippen LogP contribution in [0.25, 0.3) is 0 Å². The van der Waals surface area contributed by atoms with E-state index in [0.29, 0.717) is 18.8 Å². The molecule has 1 unspecified atom stereocenters. The topological polar surface area (TPSA) is 15.3 Å². The van der Waals surface area contributed by atoms with E-state index in [2.05, 4.69) is 5.32 Å². The number of likely N-dealkylation sites (tertiary alicyclic amines) is 1. The minimum absolute atomic E-state index is 0.212. The highest BCUT2D eigenvalue weighted by Gasteiger charge is 2.41. The van der Waals surface area contributed by atoms with Crippen molar-refractivity contribution in [1.29, 1.82) is 0 Å². The van der Waals surface area contributed by atoms with E-state index in [1.165, 1.54) is 0 Å². The Hall–Kier alpha value is -0.290. The molecule has 5 heteroatoms. The fourth-order valence-corrected chi connectivity index (χ4v) is 2.44. The average molecular weight is 236 g/mol. The van der Waals surface area contributed by atoms with E-state index in [0.717, 1.165) is 32.6 Å². The summed E-state index contributed by atoms with van der Waals surface area (Å²) in [6.07, 6.45) is -1.97. The summed E-state index contributed by atoms with van der Waals surface area (Å²) in [6, 6.07) is 0. The van der Waals surface area contributed by atoms with Crippen LogP contribution in [0.3, 0.4) is 0 Å². The summed E-state index contributed by atoms with van der Waals surface area (Å²) in [7, 11) is 0. The normalized spacial score (nSPS) is 29.1. The van der Waals surface area contributed by atoms with Gasteiger partial charge in [-0.2, -0.15) is 13.2 Å². The number of piperidine rings is 1. The number of halogens is 3. The van der Waals surface area contributed by atoms with Gasteiger partial charge in [0.15, 0.2) is 0 Å². The third kappa shape index (κ3) is 3.10. The maximum Gasteiger partial charge on any atom is 0.393 e. The van der Waals surface area contributed by atoms with Gasteiger partial charge in [0, 0.05) is 6.54 Å². The Bertz CT molecular complexity index is 226. The Labute approximate surface area is 94.2 Å². The van der Waals surface area contributed by atoms with E-state index in [4.69, 9.17) is 0 Å². The highest BCUT2D eigenvalue weighted by atomic mass is 19.4. The zero-order chi connectivity index (χ0) is 11.6. The van der Waals surface area contributed by atoms with Gasteiger partial charge in [0.2, 0.25) is 0 Å². The van der Waals surface area contributed by atoms with Crippen molar-refractivity contribution in [2.24, 2.45) is 11.8 Å². The van der Waals surface area contributed by atoms with Gasteiger partial charge in [-0.25, -0.2) is 0 Å². The third-order valence-electron chi connectivity index (χ3n) is 3.69. The third-order valence-corrected chi connectivity index (χ3v) is 3.69. The van der Waals surface area contributed by atoms with E-state index >= 15 is 0 Å². The fraction of sp³-hybridized carbons (Fsp3) is 1.00. The Balaban J connectivity index is 1.73. The van der Waals surface area contributed by atoms with Crippen molar-refractivity contribution < 1.29 is 13.2 Å². The molecule has 2 heterocycles. The van der Waals surface area contributed by atoms with Crippen molar-refractivity contribution in [3.63, 3.8) is 0 Å². The van der Waals surface area contributed by atoms with Crippen LogP contribution in [-0.2, 0) is 0 Å². The minimum Gasteiger partial charge on any atom is -0.316 e. The molecule has 2 rings (SSSR count). The summed E-state index contributed by atoms with van der Waals surface area (Å²) >= 11 is 0. The van der Waals surface area contributed by atoms with Gasteiger partial charge in [-0.3, -0.25) is 0 Å². The van der Waals surface area contributed by atoms with E-state index in [-0.39, 0.29) is 6.54 Å². The molecule has 0 spiro atoms. The molecule has 1 N–H and O–H groups in total. The van der Waals surface area contributed by atoms with Crippen LogP contribution < -0.4 is 5.32 Å². The van der Waals surface area contributed by atoms with Gasteiger partial charge in [-0.05, 0) is 51.4 Å². The van der Waals surface area contributed by atoms with Gasteiger partial charge >= 0.3 is 6.18 Å². The Kier molecular flexibility index (Phi) is 3.74. The summed E-state index contributed by atoms with van der Waals surface area (Å²) < 4.78 is 37.7. The standard InChI is InChI=1S/C11H19F3N2/c12-11(13,14)10-2-1-4-16(8-10)5-3-9-6-15-7-9/h9-10,15H,1-8H2. The van der Waals surface area contributed by atoms with Crippen LogP contribution in [-0.4, -0.2) is 43.8 Å². The lowest BCUT2D eigenvalue weighted by atomic mass is 9.95. The molecule has 0 aliphatic carbocycles. The number of nitrogens with zero attached hydrogens (tertiary/aromatic N) is 1. The molecule has 16 heavy (non-hydrogen) atoms. The molecule has 0 bridgehead atoms. The summed E-state index contributed by atoms with van der Waals surface area (Å²) in [5, 5.41) is 3.18. The molecule has 2 aliphatic heterocycles. The lowest BCUT2D eigenvalue weighted by Gasteiger charge is -2.35. The van der Waals surface area contributed by atoms with E-state index in [9.17, 15) is 13.2 Å². The fourth-order valence-electron chi connectivity index (χ4n) is 2.44. The highest BCUT2D eigenvalue weighted by Crippen LogP contribution is 2.33. The molecule has 0 saturated carbocycles. The van der Waals surface area contributed by atoms with Gasteiger partial charge in [0.1, 0.15) is 0 Å². The quantitative estimate of drug-likeness (QED) is 0.804. The number of hydrogen-bond donors (Lipinski definition) is 1. The summed E-state index contributed by atoms with van der Waals surface area (Å²) in [6.45, 7) is 3.96.